The van der Waals surface area contributed by atoms with Crippen LogP contribution in [0.3, 0.4) is 0 Å². The van der Waals surface area contributed by atoms with Crippen LogP contribution in [-0.2, 0) is 16.2 Å². The van der Waals surface area contributed by atoms with Gasteiger partial charge in [-0.25, -0.2) is 13.1 Å². The van der Waals surface area contributed by atoms with Crippen molar-refractivity contribution in [1.29, 1.82) is 0 Å². The number of rotatable bonds is 4. The summed E-state index contributed by atoms with van der Waals surface area (Å²) < 4.78 is 65.2. The second-order valence-electron chi connectivity index (χ2n) is 4.89. The zero-order chi connectivity index (χ0) is 17.3. The highest BCUT2D eigenvalue weighted by Crippen LogP contribution is 2.30. The van der Waals surface area contributed by atoms with E-state index in [1.807, 2.05) is 0 Å². The van der Waals surface area contributed by atoms with Crippen LogP contribution >= 0.6 is 15.9 Å². The Bertz CT molecular complexity index is 789. The molecule has 0 heterocycles. The third-order valence-electron chi connectivity index (χ3n) is 3.20. The second-order valence-corrected chi connectivity index (χ2v) is 7.43. The van der Waals surface area contributed by atoms with Gasteiger partial charge in [0.05, 0.1) is 10.5 Å². The van der Waals surface area contributed by atoms with Crippen molar-refractivity contribution in [1.82, 2.24) is 4.72 Å². The molecule has 2 rings (SSSR count). The van der Waals surface area contributed by atoms with Gasteiger partial charge in [0.2, 0.25) is 10.0 Å². The summed E-state index contributed by atoms with van der Waals surface area (Å²) in [7, 11) is -3.80. The molecule has 2 aromatic carbocycles. The van der Waals surface area contributed by atoms with Crippen LogP contribution < -0.4 is 4.72 Å². The van der Waals surface area contributed by atoms with Crippen LogP contribution in [0.1, 0.15) is 24.1 Å². The van der Waals surface area contributed by atoms with Crippen LogP contribution in [0, 0.1) is 0 Å². The standard InChI is InChI=1S/C15H13BrF3NO2S/c1-10(11-6-8-12(9-7-11)15(17,18)19)20-23(21,22)14-5-3-2-4-13(14)16/h2-10,20H,1H3/t10-/m0/s1. The smallest absolute Gasteiger partial charge is 0.207 e. The van der Waals surface area contributed by atoms with Crippen molar-refractivity contribution in [3.63, 3.8) is 0 Å². The van der Waals surface area contributed by atoms with Crippen molar-refractivity contribution in [2.24, 2.45) is 0 Å². The predicted molar refractivity (Wildman–Crippen MR) is 84.3 cm³/mol. The van der Waals surface area contributed by atoms with Crippen molar-refractivity contribution >= 4 is 26.0 Å². The predicted octanol–water partition coefficient (Wildman–Crippen LogP) is 4.51. The zero-order valence-corrected chi connectivity index (χ0v) is 14.3. The maximum absolute atomic E-state index is 12.5. The Balaban J connectivity index is 2.22. The number of alkyl halides is 3. The highest BCUT2D eigenvalue weighted by molar-refractivity contribution is 9.10. The van der Waals surface area contributed by atoms with Crippen molar-refractivity contribution in [3.8, 4) is 0 Å². The molecule has 0 aliphatic rings. The minimum absolute atomic E-state index is 0.0683. The van der Waals surface area contributed by atoms with Crippen molar-refractivity contribution in [3.05, 3.63) is 64.1 Å². The first-order valence-electron chi connectivity index (χ1n) is 6.55. The van der Waals surface area contributed by atoms with E-state index in [1.165, 1.54) is 18.2 Å². The fraction of sp³-hybridized carbons (Fsp3) is 0.200. The number of sulfonamides is 1. The van der Waals surface area contributed by atoms with Crippen molar-refractivity contribution < 1.29 is 21.6 Å². The third-order valence-corrected chi connectivity index (χ3v) is 5.75. The molecule has 1 N–H and O–H groups in total. The molecule has 8 heteroatoms. The van der Waals surface area contributed by atoms with Gasteiger partial charge in [-0.2, -0.15) is 13.2 Å². The Kier molecular flexibility index (Phi) is 5.17. The summed E-state index contributed by atoms with van der Waals surface area (Å²) >= 11 is 3.17. The van der Waals surface area contributed by atoms with Crippen molar-refractivity contribution in [2.45, 2.75) is 24.0 Å². The second kappa shape index (κ2) is 6.62. The summed E-state index contributed by atoms with van der Waals surface area (Å²) in [5.41, 5.74) is -0.337. The Labute approximate surface area is 140 Å². The largest absolute Gasteiger partial charge is 0.416 e. The van der Waals surface area contributed by atoms with E-state index in [9.17, 15) is 21.6 Å². The van der Waals surface area contributed by atoms with E-state index < -0.39 is 27.8 Å². The molecule has 2 aromatic rings. The molecule has 3 nitrogen and oxygen atoms in total. The number of hydrogen-bond donors (Lipinski definition) is 1. The third kappa shape index (κ3) is 4.33. The number of hydrogen-bond acceptors (Lipinski definition) is 2. The average Bonchev–Trinajstić information content (AvgIpc) is 2.46. The van der Waals surface area contributed by atoms with Crippen LogP contribution in [0.25, 0.3) is 0 Å². The molecule has 0 aliphatic carbocycles. The Morgan fingerprint density at radius 3 is 2.13 bits per heavy atom. The fourth-order valence-electron chi connectivity index (χ4n) is 1.99. The van der Waals surface area contributed by atoms with E-state index in [0.29, 0.717) is 10.0 Å². The molecule has 0 fully saturated rings. The van der Waals surface area contributed by atoms with Gasteiger partial charge in [-0.05, 0) is 52.7 Å². The van der Waals surface area contributed by atoms with Gasteiger partial charge in [0.25, 0.3) is 0 Å². The lowest BCUT2D eigenvalue weighted by molar-refractivity contribution is -0.137. The van der Waals surface area contributed by atoms with Crippen LogP contribution in [-0.4, -0.2) is 8.42 Å². The number of halogens is 4. The maximum atomic E-state index is 12.5. The first-order chi connectivity index (χ1) is 10.6. The van der Waals surface area contributed by atoms with Gasteiger partial charge in [0.1, 0.15) is 0 Å². The molecule has 124 valence electrons. The minimum atomic E-state index is -4.42. The normalized spacial score (nSPS) is 13.8. The van der Waals surface area contributed by atoms with Crippen LogP contribution in [0.2, 0.25) is 0 Å². The molecule has 0 aliphatic heterocycles. The van der Waals surface area contributed by atoms with Gasteiger partial charge in [-0.1, -0.05) is 24.3 Å². The summed E-state index contributed by atoms with van der Waals surface area (Å²) in [6.07, 6.45) is -4.42. The van der Waals surface area contributed by atoms with Crippen LogP contribution in [0.15, 0.2) is 57.9 Å². The summed E-state index contributed by atoms with van der Waals surface area (Å²) in [5.74, 6) is 0. The van der Waals surface area contributed by atoms with E-state index in [0.717, 1.165) is 12.1 Å². The average molecular weight is 408 g/mol. The molecule has 0 unspecified atom stereocenters. The monoisotopic (exact) mass is 407 g/mol. The zero-order valence-electron chi connectivity index (χ0n) is 11.9. The lowest BCUT2D eigenvalue weighted by Crippen LogP contribution is -2.27. The quantitative estimate of drug-likeness (QED) is 0.810. The number of nitrogens with one attached hydrogen (secondary N) is 1. The Hall–Kier alpha value is -1.38. The fourth-order valence-corrected chi connectivity index (χ4v) is 4.22. The lowest BCUT2D eigenvalue weighted by atomic mass is 10.1. The lowest BCUT2D eigenvalue weighted by Gasteiger charge is -2.16. The SMILES string of the molecule is C[C@H](NS(=O)(=O)c1ccccc1Br)c1ccc(C(F)(F)F)cc1. The van der Waals surface area contributed by atoms with Crippen LogP contribution in [0.5, 0.6) is 0 Å². The van der Waals surface area contributed by atoms with Gasteiger partial charge >= 0.3 is 6.18 Å². The molecule has 0 amide bonds. The summed E-state index contributed by atoms with van der Waals surface area (Å²) in [4.78, 5) is 0.0683. The number of benzene rings is 2. The molecule has 23 heavy (non-hydrogen) atoms. The van der Waals surface area contributed by atoms with Gasteiger partial charge in [0, 0.05) is 10.5 Å². The highest BCUT2D eigenvalue weighted by atomic mass is 79.9. The van der Waals surface area contributed by atoms with E-state index in [2.05, 4.69) is 20.7 Å². The molecule has 0 aromatic heterocycles. The molecule has 0 radical (unpaired) electrons. The van der Waals surface area contributed by atoms with E-state index in [-0.39, 0.29) is 4.90 Å². The highest BCUT2D eigenvalue weighted by Gasteiger charge is 2.30. The molecule has 1 atom stereocenters. The molecule has 0 saturated carbocycles. The van der Waals surface area contributed by atoms with E-state index in [1.54, 1.807) is 25.1 Å². The Morgan fingerprint density at radius 2 is 1.61 bits per heavy atom. The molecule has 0 bridgehead atoms. The molecular weight excluding hydrogens is 395 g/mol. The summed E-state index contributed by atoms with van der Waals surface area (Å²) in [6.45, 7) is 1.57. The first-order valence-corrected chi connectivity index (χ1v) is 8.83. The first kappa shape index (κ1) is 18.0. The molecule has 0 spiro atoms. The van der Waals surface area contributed by atoms with Gasteiger partial charge in [-0.15, -0.1) is 0 Å². The summed E-state index contributed by atoms with van der Waals surface area (Å²) in [5, 5.41) is 0. The molecule has 0 saturated heterocycles. The maximum Gasteiger partial charge on any atom is 0.416 e. The van der Waals surface area contributed by atoms with E-state index in [4.69, 9.17) is 0 Å². The topological polar surface area (TPSA) is 46.2 Å². The van der Waals surface area contributed by atoms with Gasteiger partial charge < -0.3 is 0 Å². The van der Waals surface area contributed by atoms with E-state index >= 15 is 0 Å². The summed E-state index contributed by atoms with van der Waals surface area (Å²) in [6, 6.07) is 10.0. The molecular formula is C15H13BrF3NO2S. The van der Waals surface area contributed by atoms with Gasteiger partial charge in [-0.3, -0.25) is 0 Å². The minimum Gasteiger partial charge on any atom is -0.207 e. The van der Waals surface area contributed by atoms with Gasteiger partial charge in [0.15, 0.2) is 0 Å². The Morgan fingerprint density at radius 1 is 1.04 bits per heavy atom. The van der Waals surface area contributed by atoms with Crippen LogP contribution in [0.4, 0.5) is 13.2 Å². The van der Waals surface area contributed by atoms with Crippen molar-refractivity contribution in [2.75, 3.05) is 0 Å².